The van der Waals surface area contributed by atoms with E-state index in [4.69, 9.17) is 4.74 Å². The van der Waals surface area contributed by atoms with E-state index in [1.807, 2.05) is 20.8 Å². The molecule has 1 saturated heterocycles. The second kappa shape index (κ2) is 8.37. The van der Waals surface area contributed by atoms with Crippen molar-refractivity contribution in [3.05, 3.63) is 29.5 Å². The molecule has 1 aliphatic rings. The Bertz CT molecular complexity index is 856. The molecule has 2 aromatic rings. The van der Waals surface area contributed by atoms with Gasteiger partial charge < -0.3 is 19.9 Å². The monoisotopic (exact) mass is 385 g/mol. The molecule has 9 heteroatoms. The number of ether oxygens (including phenoxy) is 1. The van der Waals surface area contributed by atoms with Crippen LogP contribution in [0.25, 0.3) is 0 Å². The van der Waals surface area contributed by atoms with Gasteiger partial charge in [0.05, 0.1) is 19.0 Å². The summed E-state index contributed by atoms with van der Waals surface area (Å²) in [5, 5.41) is 3.42. The first-order chi connectivity index (χ1) is 13.4. The van der Waals surface area contributed by atoms with Crippen LogP contribution in [-0.2, 0) is 0 Å². The van der Waals surface area contributed by atoms with Crippen LogP contribution in [0.3, 0.4) is 0 Å². The third-order valence-corrected chi connectivity index (χ3v) is 4.71. The molecule has 0 saturated carbocycles. The Hall–Kier alpha value is -2.97. The summed E-state index contributed by atoms with van der Waals surface area (Å²) in [4.78, 5) is 33.5. The van der Waals surface area contributed by atoms with Crippen LogP contribution < -0.4 is 15.0 Å². The Kier molecular flexibility index (Phi) is 5.91. The molecule has 1 N–H and O–H groups in total. The van der Waals surface area contributed by atoms with Gasteiger partial charge in [-0.05, 0) is 27.2 Å². The number of aryl methyl sites for hydroxylation is 1. The van der Waals surface area contributed by atoms with E-state index in [2.05, 4.69) is 30.2 Å². The minimum Gasteiger partial charge on any atom is -0.477 e. The lowest BCUT2D eigenvalue weighted by atomic mass is 10.2. The van der Waals surface area contributed by atoms with E-state index >= 15 is 0 Å². The summed E-state index contributed by atoms with van der Waals surface area (Å²) in [6.07, 6.45) is 4.23. The number of rotatable bonds is 6. The average molecular weight is 385 g/mol. The summed E-state index contributed by atoms with van der Waals surface area (Å²) in [6.45, 7) is 7.96. The summed E-state index contributed by atoms with van der Waals surface area (Å²) in [6, 6.07) is 0.203. The molecule has 0 spiro atoms. The molecule has 0 aromatic carbocycles. The van der Waals surface area contributed by atoms with Crippen LogP contribution in [0.4, 0.5) is 11.6 Å². The fourth-order valence-electron chi connectivity index (χ4n) is 3.13. The summed E-state index contributed by atoms with van der Waals surface area (Å²) < 4.78 is 5.41. The number of anilines is 2. The number of hydrogen-bond donors (Lipinski definition) is 1. The molecule has 150 valence electrons. The SMILES string of the molecule is CCOc1cncc(N[C@@H]2CCN(c3nc(C(=O)N(C)C)nc(C)c3C)C2)n1. The highest BCUT2D eigenvalue weighted by Gasteiger charge is 2.27. The molecule has 1 amide bonds. The molecule has 0 bridgehead atoms. The fourth-order valence-corrected chi connectivity index (χ4v) is 3.13. The van der Waals surface area contributed by atoms with Crippen molar-refractivity contribution in [2.24, 2.45) is 0 Å². The van der Waals surface area contributed by atoms with Gasteiger partial charge in [-0.25, -0.2) is 9.97 Å². The Labute approximate surface area is 165 Å². The minimum absolute atomic E-state index is 0.193. The predicted molar refractivity (Wildman–Crippen MR) is 107 cm³/mol. The number of carbonyl (C=O) groups is 1. The number of nitrogens with zero attached hydrogens (tertiary/aromatic N) is 6. The summed E-state index contributed by atoms with van der Waals surface area (Å²) in [5.74, 6) is 2.06. The molecule has 3 heterocycles. The molecule has 1 aliphatic heterocycles. The van der Waals surface area contributed by atoms with E-state index in [0.717, 1.165) is 36.6 Å². The molecule has 28 heavy (non-hydrogen) atoms. The zero-order valence-electron chi connectivity index (χ0n) is 17.1. The van der Waals surface area contributed by atoms with Crippen LogP contribution >= 0.6 is 0 Å². The van der Waals surface area contributed by atoms with Gasteiger partial charge in [0.2, 0.25) is 11.7 Å². The Morgan fingerprint density at radius 2 is 2.07 bits per heavy atom. The molecule has 9 nitrogen and oxygen atoms in total. The van der Waals surface area contributed by atoms with Crippen LogP contribution in [0.2, 0.25) is 0 Å². The highest BCUT2D eigenvalue weighted by atomic mass is 16.5. The summed E-state index contributed by atoms with van der Waals surface area (Å²) >= 11 is 0. The van der Waals surface area contributed by atoms with E-state index in [1.54, 1.807) is 26.5 Å². The normalized spacial score (nSPS) is 16.2. The van der Waals surface area contributed by atoms with Gasteiger partial charge in [-0.15, -0.1) is 0 Å². The Morgan fingerprint density at radius 1 is 1.29 bits per heavy atom. The van der Waals surface area contributed by atoms with Crippen LogP contribution in [0.5, 0.6) is 5.88 Å². The van der Waals surface area contributed by atoms with Crippen molar-refractivity contribution >= 4 is 17.5 Å². The van der Waals surface area contributed by atoms with Gasteiger partial charge in [0.1, 0.15) is 11.6 Å². The first-order valence-corrected chi connectivity index (χ1v) is 9.42. The fraction of sp³-hybridized carbons (Fsp3) is 0.526. The van der Waals surface area contributed by atoms with E-state index < -0.39 is 0 Å². The standard InChI is InChI=1S/C19H27N7O2/c1-6-28-16-10-20-9-15(23-16)22-14-7-8-26(11-14)18-12(2)13(3)21-17(24-18)19(27)25(4)5/h9-10,14H,6-8,11H2,1-5H3,(H,22,23)/t14-/m1/s1. The van der Waals surface area contributed by atoms with E-state index in [1.165, 1.54) is 4.90 Å². The van der Waals surface area contributed by atoms with E-state index in [0.29, 0.717) is 18.3 Å². The lowest BCUT2D eigenvalue weighted by molar-refractivity contribution is 0.0815. The molecule has 0 radical (unpaired) electrons. The minimum atomic E-state index is -0.193. The first-order valence-electron chi connectivity index (χ1n) is 9.42. The molecule has 1 atom stereocenters. The van der Waals surface area contributed by atoms with Crippen molar-refractivity contribution in [2.75, 3.05) is 44.0 Å². The third-order valence-electron chi connectivity index (χ3n) is 4.71. The third kappa shape index (κ3) is 4.29. The highest BCUT2D eigenvalue weighted by molar-refractivity contribution is 5.90. The van der Waals surface area contributed by atoms with Crippen molar-refractivity contribution < 1.29 is 9.53 Å². The number of nitrogens with one attached hydrogen (secondary N) is 1. The topological polar surface area (TPSA) is 96.4 Å². The van der Waals surface area contributed by atoms with Gasteiger partial charge in [0, 0.05) is 44.5 Å². The first kappa shape index (κ1) is 19.8. The largest absolute Gasteiger partial charge is 0.477 e. The lowest BCUT2D eigenvalue weighted by Gasteiger charge is -2.22. The van der Waals surface area contributed by atoms with E-state index in [-0.39, 0.29) is 17.8 Å². The van der Waals surface area contributed by atoms with Crippen molar-refractivity contribution in [3.8, 4) is 5.88 Å². The molecule has 0 aliphatic carbocycles. The smallest absolute Gasteiger partial charge is 0.291 e. The van der Waals surface area contributed by atoms with Crippen LogP contribution in [0, 0.1) is 13.8 Å². The van der Waals surface area contributed by atoms with Gasteiger partial charge in [-0.1, -0.05) is 0 Å². The summed E-state index contributed by atoms with van der Waals surface area (Å²) in [5.41, 5.74) is 1.82. The van der Waals surface area contributed by atoms with Gasteiger partial charge in [0.15, 0.2) is 0 Å². The molecule has 0 unspecified atom stereocenters. The number of carbonyl (C=O) groups excluding carboxylic acids is 1. The molecular formula is C19H27N7O2. The van der Waals surface area contributed by atoms with Crippen LogP contribution in [0.15, 0.2) is 12.4 Å². The average Bonchev–Trinajstić information content (AvgIpc) is 3.12. The lowest BCUT2D eigenvalue weighted by Crippen LogP contribution is -2.30. The zero-order chi connectivity index (χ0) is 20.3. The van der Waals surface area contributed by atoms with Gasteiger partial charge in [0.25, 0.3) is 5.91 Å². The van der Waals surface area contributed by atoms with Crippen LogP contribution in [-0.4, -0.2) is 70.6 Å². The maximum absolute atomic E-state index is 12.3. The van der Waals surface area contributed by atoms with Crippen molar-refractivity contribution in [1.29, 1.82) is 0 Å². The van der Waals surface area contributed by atoms with Crippen molar-refractivity contribution in [2.45, 2.75) is 33.2 Å². The maximum Gasteiger partial charge on any atom is 0.291 e. The number of hydrogen-bond acceptors (Lipinski definition) is 8. The van der Waals surface area contributed by atoms with Gasteiger partial charge >= 0.3 is 0 Å². The van der Waals surface area contributed by atoms with E-state index in [9.17, 15) is 4.79 Å². The Morgan fingerprint density at radius 3 is 2.79 bits per heavy atom. The predicted octanol–water partition coefficient (Wildman–Crippen LogP) is 1.67. The van der Waals surface area contributed by atoms with Crippen molar-refractivity contribution in [3.63, 3.8) is 0 Å². The Balaban J connectivity index is 1.74. The van der Waals surface area contributed by atoms with Crippen LogP contribution in [0.1, 0.15) is 35.2 Å². The molecular weight excluding hydrogens is 358 g/mol. The number of amides is 1. The molecule has 3 rings (SSSR count). The summed E-state index contributed by atoms with van der Waals surface area (Å²) in [7, 11) is 3.40. The zero-order valence-corrected chi connectivity index (χ0v) is 17.1. The maximum atomic E-state index is 12.3. The molecule has 1 fully saturated rings. The van der Waals surface area contributed by atoms with Gasteiger partial charge in [-0.3, -0.25) is 9.78 Å². The van der Waals surface area contributed by atoms with Crippen molar-refractivity contribution in [1.82, 2.24) is 24.8 Å². The second-order valence-electron chi connectivity index (χ2n) is 7.03. The second-order valence-corrected chi connectivity index (χ2v) is 7.03. The molecule has 2 aromatic heterocycles. The number of aromatic nitrogens is 4. The highest BCUT2D eigenvalue weighted by Crippen LogP contribution is 2.25. The van der Waals surface area contributed by atoms with Gasteiger partial charge in [-0.2, -0.15) is 4.98 Å². The quantitative estimate of drug-likeness (QED) is 0.802.